The van der Waals surface area contributed by atoms with E-state index in [2.05, 4.69) is 17.2 Å². The van der Waals surface area contributed by atoms with Gasteiger partial charge in [0.25, 0.3) is 0 Å². The first-order chi connectivity index (χ1) is 22.4. The number of alkyl carbamates (subject to hydrolysis) is 1. The van der Waals surface area contributed by atoms with Gasteiger partial charge in [-0.15, -0.1) is 11.8 Å². The fourth-order valence-corrected chi connectivity index (χ4v) is 6.10. The molecule has 0 unspecified atom stereocenters. The molecular formula is C37H38N2O6S. The number of rotatable bonds is 12. The number of carbonyl (C=O) groups is 2. The zero-order valence-electron chi connectivity index (χ0n) is 25.7. The topological polar surface area (TPSA) is 106 Å². The van der Waals surface area contributed by atoms with Crippen LogP contribution in [0.2, 0.25) is 0 Å². The average Bonchev–Trinajstić information content (AvgIpc) is 3.09. The number of hydrogen-bond donors (Lipinski definition) is 3. The van der Waals surface area contributed by atoms with Gasteiger partial charge in [-0.3, -0.25) is 4.79 Å². The van der Waals surface area contributed by atoms with Crippen LogP contribution in [0.3, 0.4) is 0 Å². The Hall–Kier alpha value is -4.41. The monoisotopic (exact) mass is 638 g/mol. The summed E-state index contributed by atoms with van der Waals surface area (Å²) in [5, 5.41) is 15.1. The molecule has 0 aromatic heterocycles. The highest BCUT2D eigenvalue weighted by molar-refractivity contribution is 7.99. The van der Waals surface area contributed by atoms with E-state index in [1.54, 1.807) is 11.8 Å². The highest BCUT2D eigenvalue weighted by atomic mass is 32.2. The van der Waals surface area contributed by atoms with E-state index in [-0.39, 0.29) is 31.3 Å². The molecule has 0 aliphatic carbocycles. The molecule has 1 fully saturated rings. The smallest absolute Gasteiger partial charge is 0.407 e. The summed E-state index contributed by atoms with van der Waals surface area (Å²) < 4.78 is 18.1. The van der Waals surface area contributed by atoms with Gasteiger partial charge in [0.1, 0.15) is 6.61 Å². The van der Waals surface area contributed by atoms with Crippen molar-refractivity contribution in [2.24, 2.45) is 0 Å². The third-order valence-corrected chi connectivity index (χ3v) is 8.64. The van der Waals surface area contributed by atoms with E-state index in [0.29, 0.717) is 13.0 Å². The maximum absolute atomic E-state index is 12.0. The summed E-state index contributed by atoms with van der Waals surface area (Å²) in [6, 6.07) is 31.7. The Bertz CT molecular complexity index is 1610. The van der Waals surface area contributed by atoms with Crippen LogP contribution in [-0.2, 0) is 32.2 Å². The second-order valence-electron chi connectivity index (χ2n) is 10.9. The minimum atomic E-state index is -0.574. The molecular weight excluding hydrogens is 600 g/mol. The minimum absolute atomic E-state index is 0.0114. The van der Waals surface area contributed by atoms with Crippen molar-refractivity contribution < 1.29 is 28.9 Å². The fourth-order valence-electron chi connectivity index (χ4n) is 5.18. The number of nitrogens with one attached hydrogen (secondary N) is 2. The number of amides is 2. The lowest BCUT2D eigenvalue weighted by molar-refractivity contribution is -0.245. The molecule has 1 heterocycles. The van der Waals surface area contributed by atoms with Gasteiger partial charge < -0.3 is 30.0 Å². The maximum Gasteiger partial charge on any atom is 0.407 e. The molecule has 4 aromatic carbocycles. The summed E-state index contributed by atoms with van der Waals surface area (Å²) in [4.78, 5) is 24.4. The van der Waals surface area contributed by atoms with Crippen molar-refractivity contribution >= 4 is 29.4 Å². The number of hydrogen-bond acceptors (Lipinski definition) is 7. The van der Waals surface area contributed by atoms with Gasteiger partial charge in [-0.05, 0) is 52.1 Å². The van der Waals surface area contributed by atoms with Crippen LogP contribution < -0.4 is 10.6 Å². The molecule has 0 saturated carbocycles. The van der Waals surface area contributed by atoms with E-state index in [4.69, 9.17) is 14.2 Å². The molecule has 238 valence electrons. The highest BCUT2D eigenvalue weighted by Gasteiger charge is 2.32. The first-order valence-corrected chi connectivity index (χ1v) is 16.1. The predicted molar refractivity (Wildman–Crippen MR) is 180 cm³/mol. The molecule has 5 rings (SSSR count). The average molecular weight is 639 g/mol. The number of thioether (sulfide) groups is 1. The van der Waals surface area contributed by atoms with Gasteiger partial charge >= 0.3 is 6.09 Å². The number of ether oxygens (including phenoxy) is 3. The quantitative estimate of drug-likeness (QED) is 0.109. The summed E-state index contributed by atoms with van der Waals surface area (Å²) in [5.41, 5.74) is 6.51. The summed E-state index contributed by atoms with van der Waals surface area (Å²) in [7, 11) is 0. The van der Waals surface area contributed by atoms with Gasteiger partial charge in [-0.25, -0.2) is 4.79 Å². The summed E-state index contributed by atoms with van der Waals surface area (Å²) in [6.07, 6.45) is 0.862. The number of carbonyl (C=O) groups excluding carboxylic acids is 2. The zero-order chi connectivity index (χ0) is 32.3. The molecule has 0 bridgehead atoms. The van der Waals surface area contributed by atoms with Crippen LogP contribution in [0.1, 0.15) is 48.0 Å². The summed E-state index contributed by atoms with van der Waals surface area (Å²) in [5.74, 6) is 0.619. The van der Waals surface area contributed by atoms with Crippen molar-refractivity contribution in [1.82, 2.24) is 5.32 Å². The van der Waals surface area contributed by atoms with E-state index in [0.717, 1.165) is 49.7 Å². The van der Waals surface area contributed by atoms with Crippen molar-refractivity contribution in [2.75, 3.05) is 17.7 Å². The van der Waals surface area contributed by atoms with Crippen LogP contribution in [0.15, 0.2) is 115 Å². The Kier molecular flexibility index (Phi) is 11.6. The van der Waals surface area contributed by atoms with Crippen LogP contribution in [0.4, 0.5) is 10.5 Å². The SMILES string of the molecule is C=CCOC(=O)NCc1ccccc1-c1ccc([C@H]2O[C@@H](CSc3ccc(NC(C)=O)cc3)C[C@@H](c3ccc(CO)cc3)O2)cc1. The van der Waals surface area contributed by atoms with Crippen molar-refractivity contribution in [2.45, 2.75) is 49.9 Å². The van der Waals surface area contributed by atoms with E-state index >= 15 is 0 Å². The molecule has 4 aromatic rings. The van der Waals surface area contributed by atoms with Crippen LogP contribution in [0.25, 0.3) is 11.1 Å². The Morgan fingerprint density at radius 3 is 2.37 bits per heavy atom. The number of aliphatic hydroxyl groups is 1. The first-order valence-electron chi connectivity index (χ1n) is 15.1. The summed E-state index contributed by atoms with van der Waals surface area (Å²) >= 11 is 1.70. The molecule has 3 N–H and O–H groups in total. The van der Waals surface area contributed by atoms with E-state index in [1.807, 2.05) is 97.1 Å². The molecule has 1 aliphatic heterocycles. The molecule has 1 saturated heterocycles. The third-order valence-electron chi connectivity index (χ3n) is 7.49. The van der Waals surface area contributed by atoms with Crippen LogP contribution in [-0.4, -0.2) is 35.6 Å². The molecule has 46 heavy (non-hydrogen) atoms. The number of aliphatic hydroxyl groups excluding tert-OH is 1. The van der Waals surface area contributed by atoms with Gasteiger partial charge in [-0.2, -0.15) is 0 Å². The van der Waals surface area contributed by atoms with Crippen molar-refractivity contribution in [1.29, 1.82) is 0 Å². The van der Waals surface area contributed by atoms with Crippen molar-refractivity contribution in [3.63, 3.8) is 0 Å². The van der Waals surface area contributed by atoms with Crippen LogP contribution >= 0.6 is 11.8 Å². The second kappa shape index (κ2) is 16.2. The van der Waals surface area contributed by atoms with Gasteiger partial charge in [0.15, 0.2) is 6.29 Å². The van der Waals surface area contributed by atoms with Gasteiger partial charge in [0.2, 0.25) is 5.91 Å². The Balaban J connectivity index is 1.31. The molecule has 3 atom stereocenters. The third kappa shape index (κ3) is 9.08. The second-order valence-corrected chi connectivity index (χ2v) is 12.0. The minimum Gasteiger partial charge on any atom is -0.445 e. The Morgan fingerprint density at radius 1 is 0.957 bits per heavy atom. The maximum atomic E-state index is 12.0. The Labute approximate surface area is 273 Å². The lowest BCUT2D eigenvalue weighted by Crippen LogP contribution is -2.31. The summed E-state index contributed by atoms with van der Waals surface area (Å²) in [6.45, 7) is 5.53. The standard InChI is InChI=1S/C37H38N2O6S/c1-3-20-43-37(42)38-22-30-6-4-5-7-34(30)27-12-14-29(15-13-27)36-44-32(21-35(45-36)28-10-8-26(23-40)9-11-28)24-46-33-18-16-31(17-19-33)39-25(2)41/h3-19,32,35-36,40H,1,20-24H2,2H3,(H,38,42)(H,39,41)/t32-,35+,36+/m1/s1. The van der Waals surface area contributed by atoms with Crippen LogP contribution in [0, 0.1) is 0 Å². The number of anilines is 1. The van der Waals surface area contributed by atoms with E-state index in [9.17, 15) is 14.7 Å². The lowest BCUT2D eigenvalue weighted by atomic mass is 9.98. The van der Waals surface area contributed by atoms with Gasteiger partial charge in [-0.1, -0.05) is 85.5 Å². The van der Waals surface area contributed by atoms with Crippen LogP contribution in [0.5, 0.6) is 0 Å². The van der Waals surface area contributed by atoms with Gasteiger partial charge in [0, 0.05) is 41.8 Å². The van der Waals surface area contributed by atoms with Gasteiger partial charge in [0.05, 0.1) is 18.8 Å². The highest BCUT2D eigenvalue weighted by Crippen LogP contribution is 2.40. The predicted octanol–water partition coefficient (Wildman–Crippen LogP) is 7.55. The molecule has 9 heteroatoms. The lowest BCUT2D eigenvalue weighted by Gasteiger charge is -2.36. The normalized spacial score (nSPS) is 17.6. The van der Waals surface area contributed by atoms with Crippen molar-refractivity contribution in [3.05, 3.63) is 132 Å². The molecule has 0 spiro atoms. The first kappa shape index (κ1) is 33.0. The van der Waals surface area contributed by atoms with Crippen molar-refractivity contribution in [3.8, 4) is 11.1 Å². The molecule has 0 radical (unpaired) electrons. The largest absolute Gasteiger partial charge is 0.445 e. The van der Waals surface area contributed by atoms with E-state index in [1.165, 1.54) is 13.0 Å². The molecule has 2 amide bonds. The Morgan fingerprint density at radius 2 is 1.67 bits per heavy atom. The molecule has 1 aliphatic rings. The zero-order valence-corrected chi connectivity index (χ0v) is 26.5. The molecule has 8 nitrogen and oxygen atoms in total. The van der Waals surface area contributed by atoms with E-state index < -0.39 is 12.4 Å². The fraction of sp³-hybridized carbons (Fsp3) is 0.243. The number of benzene rings is 4.